The Morgan fingerprint density at radius 2 is 1.83 bits per heavy atom. The summed E-state index contributed by atoms with van der Waals surface area (Å²) in [6.45, 7) is 11.3. The van der Waals surface area contributed by atoms with E-state index in [1.807, 2.05) is 0 Å². The van der Waals surface area contributed by atoms with Gasteiger partial charge in [-0.15, -0.1) is 0 Å². The fourth-order valence-electron chi connectivity index (χ4n) is 6.33. The Hall–Kier alpha value is -1.85. The van der Waals surface area contributed by atoms with E-state index in [2.05, 4.69) is 26.8 Å². The molecule has 0 bridgehead atoms. The highest BCUT2D eigenvalue weighted by molar-refractivity contribution is 5.90. The Labute approximate surface area is 179 Å². The van der Waals surface area contributed by atoms with Crippen LogP contribution in [0.5, 0.6) is 0 Å². The number of cyclic esters (lactones) is 1. The molecule has 168 valence electrons. The van der Waals surface area contributed by atoms with E-state index in [9.17, 15) is 14.4 Å². The lowest BCUT2D eigenvalue weighted by atomic mass is 9.48. The standard InChI is InChI=1S/C24H36O6/c1-15(25)28-14-20(29-16(2)26)24(6)13-10-18-17(21(27)30-24)8-9-19-22(3,4)11-7-12-23(18,19)5/h8,18-20H,7,9-14H2,1-6H3/t18-,19-,20-,23+,24+/m0/s1. The van der Waals surface area contributed by atoms with E-state index in [4.69, 9.17) is 14.2 Å². The van der Waals surface area contributed by atoms with Crippen molar-refractivity contribution >= 4 is 17.9 Å². The maximum absolute atomic E-state index is 13.2. The smallest absolute Gasteiger partial charge is 0.334 e. The SMILES string of the molecule is CC(=O)OC[C@H](OC(C)=O)[C@@]1(C)CC[C@H]2C(=CC[C@H]3C(C)(C)CCC[C@]23C)C(=O)O1. The molecule has 5 atom stereocenters. The first-order valence-corrected chi connectivity index (χ1v) is 11.1. The van der Waals surface area contributed by atoms with E-state index in [1.165, 1.54) is 26.7 Å². The maximum Gasteiger partial charge on any atom is 0.334 e. The predicted octanol–water partition coefficient (Wildman–Crippen LogP) is 4.36. The van der Waals surface area contributed by atoms with Crippen LogP contribution in [0.15, 0.2) is 11.6 Å². The van der Waals surface area contributed by atoms with Crippen molar-refractivity contribution in [3.63, 3.8) is 0 Å². The van der Waals surface area contributed by atoms with Crippen LogP contribution in [-0.4, -0.2) is 36.2 Å². The van der Waals surface area contributed by atoms with E-state index in [1.54, 1.807) is 6.92 Å². The zero-order chi connectivity index (χ0) is 22.3. The lowest BCUT2D eigenvalue weighted by Gasteiger charge is -2.56. The molecule has 0 aromatic heterocycles. The van der Waals surface area contributed by atoms with Crippen LogP contribution < -0.4 is 0 Å². The first-order valence-electron chi connectivity index (χ1n) is 11.1. The summed E-state index contributed by atoms with van der Waals surface area (Å²) in [6.07, 6.45) is 6.94. The van der Waals surface area contributed by atoms with E-state index in [-0.39, 0.29) is 29.3 Å². The summed E-state index contributed by atoms with van der Waals surface area (Å²) in [6, 6.07) is 0. The Morgan fingerprint density at radius 1 is 1.13 bits per heavy atom. The molecule has 1 aliphatic heterocycles. The Bertz CT molecular complexity index is 753. The van der Waals surface area contributed by atoms with Gasteiger partial charge in [0.2, 0.25) is 0 Å². The van der Waals surface area contributed by atoms with Gasteiger partial charge in [-0.1, -0.05) is 33.3 Å². The lowest BCUT2D eigenvalue weighted by molar-refractivity contribution is -0.188. The van der Waals surface area contributed by atoms with Gasteiger partial charge in [0.05, 0.1) is 0 Å². The molecular weight excluding hydrogens is 384 g/mol. The van der Waals surface area contributed by atoms with Gasteiger partial charge in [-0.2, -0.15) is 0 Å². The first kappa shape index (κ1) is 22.8. The Kier molecular flexibility index (Phi) is 6.09. The number of hydrogen-bond donors (Lipinski definition) is 0. The molecule has 0 aromatic carbocycles. The molecule has 0 radical (unpaired) electrons. The molecule has 0 unspecified atom stereocenters. The molecule has 0 amide bonds. The van der Waals surface area contributed by atoms with Gasteiger partial charge in [-0.3, -0.25) is 9.59 Å². The predicted molar refractivity (Wildman–Crippen MR) is 111 cm³/mol. The fraction of sp³-hybridized carbons (Fsp3) is 0.792. The van der Waals surface area contributed by atoms with Gasteiger partial charge in [0.15, 0.2) is 6.10 Å². The molecule has 3 aliphatic rings. The summed E-state index contributed by atoms with van der Waals surface area (Å²) in [5.41, 5.74) is 0.00341. The molecule has 6 heteroatoms. The number of allylic oxidation sites excluding steroid dienone is 1. The third kappa shape index (κ3) is 4.15. The van der Waals surface area contributed by atoms with Gasteiger partial charge in [-0.05, 0) is 61.7 Å². The van der Waals surface area contributed by atoms with Crippen LogP contribution in [-0.2, 0) is 28.6 Å². The number of carbonyl (C=O) groups excluding carboxylic acids is 3. The van der Waals surface area contributed by atoms with E-state index < -0.39 is 23.6 Å². The van der Waals surface area contributed by atoms with Gasteiger partial charge in [0.1, 0.15) is 12.2 Å². The van der Waals surface area contributed by atoms with Crippen molar-refractivity contribution in [1.82, 2.24) is 0 Å². The highest BCUT2D eigenvalue weighted by Crippen LogP contribution is 2.61. The monoisotopic (exact) mass is 420 g/mol. The number of esters is 3. The molecule has 2 aliphatic carbocycles. The average Bonchev–Trinajstić information content (AvgIpc) is 2.75. The second-order valence-corrected chi connectivity index (χ2v) is 10.5. The summed E-state index contributed by atoms with van der Waals surface area (Å²) in [5.74, 6) is -0.645. The topological polar surface area (TPSA) is 78.9 Å². The van der Waals surface area contributed by atoms with Crippen molar-refractivity contribution in [3.8, 4) is 0 Å². The number of carbonyl (C=O) groups is 3. The van der Waals surface area contributed by atoms with Crippen LogP contribution in [0.4, 0.5) is 0 Å². The Morgan fingerprint density at radius 3 is 2.47 bits per heavy atom. The van der Waals surface area contributed by atoms with Crippen LogP contribution in [0.2, 0.25) is 0 Å². The van der Waals surface area contributed by atoms with Crippen molar-refractivity contribution in [3.05, 3.63) is 11.6 Å². The van der Waals surface area contributed by atoms with Gasteiger partial charge >= 0.3 is 17.9 Å². The molecule has 1 heterocycles. The summed E-state index contributed by atoms with van der Waals surface area (Å²) in [5, 5.41) is 0. The third-order valence-corrected chi connectivity index (χ3v) is 7.94. The van der Waals surface area contributed by atoms with Crippen molar-refractivity contribution in [1.29, 1.82) is 0 Å². The Balaban J connectivity index is 1.91. The van der Waals surface area contributed by atoms with Gasteiger partial charge in [0, 0.05) is 19.4 Å². The molecule has 1 saturated heterocycles. The molecule has 0 spiro atoms. The zero-order valence-corrected chi connectivity index (χ0v) is 19.2. The lowest BCUT2D eigenvalue weighted by Crippen LogP contribution is -2.49. The zero-order valence-electron chi connectivity index (χ0n) is 19.2. The van der Waals surface area contributed by atoms with Gasteiger partial charge in [0.25, 0.3) is 0 Å². The van der Waals surface area contributed by atoms with Crippen LogP contribution >= 0.6 is 0 Å². The van der Waals surface area contributed by atoms with Crippen molar-refractivity contribution in [2.24, 2.45) is 22.7 Å². The summed E-state index contributed by atoms with van der Waals surface area (Å²) in [4.78, 5) is 36.3. The summed E-state index contributed by atoms with van der Waals surface area (Å²) >= 11 is 0. The normalized spacial score (nSPS) is 36.2. The highest BCUT2D eigenvalue weighted by Gasteiger charge is 2.56. The van der Waals surface area contributed by atoms with E-state index in [0.29, 0.717) is 12.3 Å². The van der Waals surface area contributed by atoms with Gasteiger partial charge < -0.3 is 14.2 Å². The third-order valence-electron chi connectivity index (χ3n) is 7.94. The van der Waals surface area contributed by atoms with E-state index in [0.717, 1.165) is 24.8 Å². The maximum atomic E-state index is 13.2. The van der Waals surface area contributed by atoms with E-state index >= 15 is 0 Å². The van der Waals surface area contributed by atoms with Crippen LogP contribution in [0.25, 0.3) is 0 Å². The minimum Gasteiger partial charge on any atom is -0.462 e. The largest absolute Gasteiger partial charge is 0.462 e. The molecule has 6 nitrogen and oxygen atoms in total. The fourth-order valence-corrected chi connectivity index (χ4v) is 6.33. The summed E-state index contributed by atoms with van der Waals surface area (Å²) in [7, 11) is 0. The second-order valence-electron chi connectivity index (χ2n) is 10.5. The number of rotatable bonds is 4. The van der Waals surface area contributed by atoms with Crippen molar-refractivity contribution in [2.45, 2.75) is 91.8 Å². The molecule has 2 fully saturated rings. The second kappa shape index (κ2) is 8.01. The quantitative estimate of drug-likeness (QED) is 0.497. The molecule has 3 rings (SSSR count). The molecular formula is C24H36O6. The summed E-state index contributed by atoms with van der Waals surface area (Å²) < 4.78 is 16.5. The van der Waals surface area contributed by atoms with Crippen molar-refractivity contribution in [2.75, 3.05) is 6.61 Å². The number of hydrogen-bond acceptors (Lipinski definition) is 6. The molecule has 30 heavy (non-hydrogen) atoms. The average molecular weight is 421 g/mol. The number of ether oxygens (including phenoxy) is 3. The number of fused-ring (bicyclic) bond motifs is 3. The van der Waals surface area contributed by atoms with Crippen LogP contribution in [0, 0.1) is 22.7 Å². The van der Waals surface area contributed by atoms with Crippen molar-refractivity contribution < 1.29 is 28.6 Å². The molecule has 0 aromatic rings. The highest BCUT2D eigenvalue weighted by atomic mass is 16.6. The van der Waals surface area contributed by atoms with Crippen LogP contribution in [0.3, 0.4) is 0 Å². The van der Waals surface area contributed by atoms with Crippen LogP contribution in [0.1, 0.15) is 80.1 Å². The molecule has 0 N–H and O–H groups in total. The minimum absolute atomic E-state index is 0.0446. The van der Waals surface area contributed by atoms with Gasteiger partial charge in [-0.25, -0.2) is 4.79 Å². The first-order chi connectivity index (χ1) is 13.9. The molecule has 1 saturated carbocycles. The minimum atomic E-state index is -1.05.